The van der Waals surface area contributed by atoms with Gasteiger partial charge in [-0.1, -0.05) is 25.1 Å². The van der Waals surface area contributed by atoms with Crippen molar-refractivity contribution >= 4 is 5.91 Å². The monoisotopic (exact) mass is 380 g/mol. The molecule has 1 amide bonds. The minimum Gasteiger partial charge on any atom is -0.492 e. The fourth-order valence-corrected chi connectivity index (χ4v) is 3.69. The highest BCUT2D eigenvalue weighted by Gasteiger charge is 2.16. The standard InChI is InChI=1S/C24H32N2O2/c1-18-5-4-13-26(16-18)17-21-7-9-22(10-8-21)24(27)25-12-14-28-23-11-6-19(2)20(3)15-23/h6-11,15,18H,4-5,12-14,16-17H2,1-3H3,(H,25,27). The second kappa shape index (κ2) is 9.74. The first-order chi connectivity index (χ1) is 13.5. The molecule has 0 saturated carbocycles. The first kappa shape index (κ1) is 20.4. The van der Waals surface area contributed by atoms with Gasteiger partial charge in [-0.05, 0) is 80.1 Å². The second-order valence-electron chi connectivity index (χ2n) is 8.03. The molecule has 4 nitrogen and oxygen atoms in total. The van der Waals surface area contributed by atoms with Gasteiger partial charge in [-0.2, -0.15) is 0 Å². The average molecular weight is 381 g/mol. The highest BCUT2D eigenvalue weighted by Crippen LogP contribution is 2.18. The molecule has 28 heavy (non-hydrogen) atoms. The Morgan fingerprint density at radius 3 is 2.64 bits per heavy atom. The van der Waals surface area contributed by atoms with E-state index in [4.69, 9.17) is 4.74 Å². The number of ether oxygens (including phenoxy) is 1. The fraction of sp³-hybridized carbons (Fsp3) is 0.458. The van der Waals surface area contributed by atoms with Crippen LogP contribution in [0.5, 0.6) is 5.75 Å². The first-order valence-corrected chi connectivity index (χ1v) is 10.3. The summed E-state index contributed by atoms with van der Waals surface area (Å²) in [5, 5.41) is 2.93. The van der Waals surface area contributed by atoms with Gasteiger partial charge in [0.05, 0.1) is 6.54 Å². The van der Waals surface area contributed by atoms with Gasteiger partial charge in [-0.15, -0.1) is 0 Å². The van der Waals surface area contributed by atoms with Crippen molar-refractivity contribution in [2.45, 2.75) is 40.2 Å². The van der Waals surface area contributed by atoms with Crippen molar-refractivity contribution in [3.05, 3.63) is 64.7 Å². The van der Waals surface area contributed by atoms with Crippen LogP contribution in [-0.4, -0.2) is 37.0 Å². The van der Waals surface area contributed by atoms with Crippen molar-refractivity contribution in [2.75, 3.05) is 26.2 Å². The summed E-state index contributed by atoms with van der Waals surface area (Å²) in [6.07, 6.45) is 2.62. The first-order valence-electron chi connectivity index (χ1n) is 10.3. The number of amides is 1. The molecule has 1 saturated heterocycles. The molecule has 150 valence electrons. The van der Waals surface area contributed by atoms with Gasteiger partial charge in [-0.25, -0.2) is 0 Å². The fourth-order valence-electron chi connectivity index (χ4n) is 3.69. The zero-order valence-electron chi connectivity index (χ0n) is 17.3. The summed E-state index contributed by atoms with van der Waals surface area (Å²) in [5.74, 6) is 1.57. The van der Waals surface area contributed by atoms with Crippen LogP contribution in [0.3, 0.4) is 0 Å². The van der Waals surface area contributed by atoms with Crippen LogP contribution < -0.4 is 10.1 Å². The molecule has 0 spiro atoms. The Balaban J connectivity index is 1.42. The number of piperidine rings is 1. The third-order valence-electron chi connectivity index (χ3n) is 5.50. The van der Waals surface area contributed by atoms with Crippen LogP contribution in [0.1, 0.15) is 46.8 Å². The molecular formula is C24H32N2O2. The van der Waals surface area contributed by atoms with Crippen LogP contribution in [0.25, 0.3) is 0 Å². The van der Waals surface area contributed by atoms with Gasteiger partial charge >= 0.3 is 0 Å². The second-order valence-corrected chi connectivity index (χ2v) is 8.03. The summed E-state index contributed by atoms with van der Waals surface area (Å²) in [4.78, 5) is 14.8. The van der Waals surface area contributed by atoms with Gasteiger partial charge in [0, 0.05) is 18.7 Å². The predicted octanol–water partition coefficient (Wildman–Crippen LogP) is 4.34. The molecule has 0 bridgehead atoms. The van der Waals surface area contributed by atoms with Crippen molar-refractivity contribution in [1.29, 1.82) is 0 Å². The third-order valence-corrected chi connectivity index (χ3v) is 5.50. The van der Waals surface area contributed by atoms with E-state index in [1.54, 1.807) is 0 Å². The molecule has 1 N–H and O–H groups in total. The van der Waals surface area contributed by atoms with E-state index >= 15 is 0 Å². The van der Waals surface area contributed by atoms with E-state index in [0.717, 1.165) is 18.2 Å². The Bertz CT molecular complexity index is 786. The minimum atomic E-state index is -0.0539. The largest absolute Gasteiger partial charge is 0.492 e. The van der Waals surface area contributed by atoms with E-state index in [1.165, 1.54) is 42.6 Å². The van der Waals surface area contributed by atoms with Crippen molar-refractivity contribution in [2.24, 2.45) is 5.92 Å². The van der Waals surface area contributed by atoms with Crippen LogP contribution in [0.15, 0.2) is 42.5 Å². The van der Waals surface area contributed by atoms with E-state index in [0.29, 0.717) is 18.7 Å². The lowest BCUT2D eigenvalue weighted by atomic mass is 9.99. The molecule has 2 aromatic rings. The normalized spacial score (nSPS) is 17.3. The number of carbonyl (C=O) groups is 1. The predicted molar refractivity (Wildman–Crippen MR) is 114 cm³/mol. The van der Waals surface area contributed by atoms with Gasteiger partial charge in [-0.3, -0.25) is 9.69 Å². The molecule has 1 aliphatic heterocycles. The molecule has 1 heterocycles. The number of benzene rings is 2. The number of hydrogen-bond donors (Lipinski definition) is 1. The van der Waals surface area contributed by atoms with E-state index < -0.39 is 0 Å². The van der Waals surface area contributed by atoms with E-state index in [1.807, 2.05) is 24.3 Å². The third kappa shape index (κ3) is 5.83. The van der Waals surface area contributed by atoms with Gasteiger partial charge in [0.15, 0.2) is 0 Å². The number of aryl methyl sites for hydroxylation is 2. The number of nitrogens with one attached hydrogen (secondary N) is 1. The Hall–Kier alpha value is -2.33. The van der Waals surface area contributed by atoms with Gasteiger partial charge in [0.2, 0.25) is 0 Å². The Kier molecular flexibility index (Phi) is 7.10. The van der Waals surface area contributed by atoms with Crippen LogP contribution in [-0.2, 0) is 6.54 Å². The molecule has 0 aromatic heterocycles. The number of hydrogen-bond acceptors (Lipinski definition) is 3. The molecule has 2 aromatic carbocycles. The molecule has 4 heteroatoms. The van der Waals surface area contributed by atoms with Crippen LogP contribution in [0, 0.1) is 19.8 Å². The van der Waals surface area contributed by atoms with Gasteiger partial charge in [0.1, 0.15) is 12.4 Å². The lowest BCUT2D eigenvalue weighted by molar-refractivity contribution is 0.0947. The average Bonchev–Trinajstić information content (AvgIpc) is 2.68. The molecular weight excluding hydrogens is 348 g/mol. The van der Waals surface area contributed by atoms with E-state index in [2.05, 4.69) is 49.2 Å². The molecule has 0 aliphatic carbocycles. The smallest absolute Gasteiger partial charge is 0.251 e. The maximum Gasteiger partial charge on any atom is 0.251 e. The van der Waals surface area contributed by atoms with Crippen molar-refractivity contribution in [1.82, 2.24) is 10.2 Å². The quantitative estimate of drug-likeness (QED) is 0.727. The lowest BCUT2D eigenvalue weighted by Gasteiger charge is -2.30. The Labute approximate surface area is 168 Å². The van der Waals surface area contributed by atoms with Crippen LogP contribution >= 0.6 is 0 Å². The van der Waals surface area contributed by atoms with Gasteiger partial charge in [0.25, 0.3) is 5.91 Å². The Morgan fingerprint density at radius 1 is 1.14 bits per heavy atom. The zero-order chi connectivity index (χ0) is 19.9. The van der Waals surface area contributed by atoms with Crippen LogP contribution in [0.2, 0.25) is 0 Å². The molecule has 1 fully saturated rings. The molecule has 1 atom stereocenters. The van der Waals surface area contributed by atoms with E-state index in [-0.39, 0.29) is 5.91 Å². The highest BCUT2D eigenvalue weighted by molar-refractivity contribution is 5.94. The maximum absolute atomic E-state index is 12.3. The molecule has 1 unspecified atom stereocenters. The molecule has 3 rings (SSSR count). The number of carbonyl (C=O) groups excluding carboxylic acids is 1. The van der Waals surface area contributed by atoms with Gasteiger partial charge < -0.3 is 10.1 Å². The molecule has 0 radical (unpaired) electrons. The summed E-state index contributed by atoms with van der Waals surface area (Å²) >= 11 is 0. The van der Waals surface area contributed by atoms with Crippen LogP contribution in [0.4, 0.5) is 0 Å². The summed E-state index contributed by atoms with van der Waals surface area (Å²) in [6, 6.07) is 14.0. The van der Waals surface area contributed by atoms with Crippen molar-refractivity contribution in [3.8, 4) is 5.75 Å². The summed E-state index contributed by atoms with van der Waals surface area (Å²) in [7, 11) is 0. The van der Waals surface area contributed by atoms with Crippen molar-refractivity contribution in [3.63, 3.8) is 0 Å². The zero-order valence-corrected chi connectivity index (χ0v) is 17.3. The number of rotatable bonds is 7. The SMILES string of the molecule is Cc1ccc(OCCNC(=O)c2ccc(CN3CCCC(C)C3)cc2)cc1C. The van der Waals surface area contributed by atoms with Crippen molar-refractivity contribution < 1.29 is 9.53 Å². The Morgan fingerprint density at radius 2 is 1.93 bits per heavy atom. The highest BCUT2D eigenvalue weighted by atomic mass is 16.5. The summed E-state index contributed by atoms with van der Waals surface area (Å²) in [6.45, 7) is 10.7. The maximum atomic E-state index is 12.3. The lowest BCUT2D eigenvalue weighted by Crippen LogP contribution is -2.33. The number of likely N-dealkylation sites (tertiary alicyclic amines) is 1. The minimum absolute atomic E-state index is 0.0539. The molecule has 1 aliphatic rings. The summed E-state index contributed by atoms with van der Waals surface area (Å²) < 4.78 is 5.72. The summed E-state index contributed by atoms with van der Waals surface area (Å²) in [5.41, 5.74) is 4.42. The topological polar surface area (TPSA) is 41.6 Å². The number of nitrogens with zero attached hydrogens (tertiary/aromatic N) is 1. The van der Waals surface area contributed by atoms with E-state index in [9.17, 15) is 4.79 Å².